The molecule has 2 rings (SSSR count). The lowest BCUT2D eigenvalue weighted by Gasteiger charge is -2.34. The van der Waals surface area contributed by atoms with E-state index in [1.807, 2.05) is 20.8 Å². The third-order valence-corrected chi connectivity index (χ3v) is 4.83. The predicted octanol–water partition coefficient (Wildman–Crippen LogP) is 1.42. The Morgan fingerprint density at radius 3 is 2.50 bits per heavy atom. The molecule has 1 aliphatic carbocycles. The molecule has 2 unspecified atom stereocenters. The molecule has 6 nitrogen and oxygen atoms in total. The van der Waals surface area contributed by atoms with Crippen LogP contribution in [0.5, 0.6) is 0 Å². The first-order valence-corrected chi connectivity index (χ1v) is 6.02. The first-order chi connectivity index (χ1) is 8.32. The average Bonchev–Trinajstić information content (AvgIpc) is 2.59. The number of hydrogen-bond donors (Lipinski definition) is 0. The lowest BCUT2D eigenvalue weighted by atomic mass is 9.66. The highest BCUT2D eigenvalue weighted by Crippen LogP contribution is 2.65. The van der Waals surface area contributed by atoms with Crippen molar-refractivity contribution in [3.63, 3.8) is 0 Å². The van der Waals surface area contributed by atoms with Gasteiger partial charge in [-0.15, -0.1) is 0 Å². The van der Waals surface area contributed by atoms with Crippen molar-refractivity contribution in [2.45, 2.75) is 39.2 Å². The number of hydrogen-bond acceptors (Lipinski definition) is 6. The molecule has 0 aromatic carbocycles. The van der Waals surface area contributed by atoms with Crippen molar-refractivity contribution >= 4 is 11.9 Å². The van der Waals surface area contributed by atoms with E-state index in [1.54, 1.807) is 0 Å². The average molecular weight is 255 g/mol. The van der Waals surface area contributed by atoms with E-state index in [1.165, 1.54) is 0 Å². The van der Waals surface area contributed by atoms with Gasteiger partial charge in [-0.25, -0.2) is 4.79 Å². The third-order valence-electron chi connectivity index (χ3n) is 4.83. The van der Waals surface area contributed by atoms with Crippen LogP contribution in [0.4, 0.5) is 0 Å². The Balaban J connectivity index is 2.24. The van der Waals surface area contributed by atoms with E-state index in [9.17, 15) is 14.5 Å². The molecule has 2 fully saturated rings. The maximum absolute atomic E-state index is 12.2. The van der Waals surface area contributed by atoms with Gasteiger partial charge in [0.25, 0.3) is 0 Å². The topological polar surface area (TPSA) is 82.0 Å². The second-order valence-corrected chi connectivity index (χ2v) is 5.66. The van der Waals surface area contributed by atoms with Crippen LogP contribution in [0, 0.1) is 15.7 Å². The number of esters is 2. The van der Waals surface area contributed by atoms with Crippen LogP contribution in [0.3, 0.4) is 0 Å². The van der Waals surface area contributed by atoms with Crippen LogP contribution in [-0.2, 0) is 19.1 Å². The van der Waals surface area contributed by atoms with Crippen LogP contribution in [0.2, 0.25) is 0 Å². The number of carbonyl (C=O) groups is 2. The highest BCUT2D eigenvalue weighted by atomic mass is 16.6. The van der Waals surface area contributed by atoms with Gasteiger partial charge in [0.1, 0.15) is 13.2 Å². The molecule has 1 heterocycles. The SMILES string of the molecule is CC12CCC(C(=O)OCCN=O)(OC1=O)C2(C)C. The molecule has 0 radical (unpaired) electrons. The normalized spacial score (nSPS) is 36.3. The van der Waals surface area contributed by atoms with Crippen molar-refractivity contribution in [2.75, 3.05) is 13.2 Å². The number of carbonyl (C=O) groups excluding carboxylic acids is 2. The number of nitroso groups, excluding NO2 is 1. The van der Waals surface area contributed by atoms with Gasteiger partial charge in [-0.05, 0) is 19.8 Å². The fourth-order valence-electron chi connectivity index (χ4n) is 2.99. The van der Waals surface area contributed by atoms with Crippen LogP contribution in [0.15, 0.2) is 5.18 Å². The number of ether oxygens (including phenoxy) is 2. The largest absolute Gasteiger partial charge is 0.461 e. The summed E-state index contributed by atoms with van der Waals surface area (Å²) in [5.74, 6) is -0.907. The standard InChI is InChI=1S/C12H17NO5/c1-10(2)11(3)4-5-12(10,18-8(11)14)9(15)17-7-6-13-16/h4-7H2,1-3H3. The van der Waals surface area contributed by atoms with Crippen molar-refractivity contribution in [2.24, 2.45) is 16.0 Å². The zero-order valence-electron chi connectivity index (χ0n) is 10.8. The second-order valence-electron chi connectivity index (χ2n) is 5.66. The lowest BCUT2D eigenvalue weighted by Crippen LogP contribution is -2.49. The summed E-state index contributed by atoms with van der Waals surface area (Å²) in [6, 6.07) is 0. The van der Waals surface area contributed by atoms with E-state index < -0.39 is 22.4 Å². The Bertz CT molecular complexity index is 419. The summed E-state index contributed by atoms with van der Waals surface area (Å²) < 4.78 is 10.3. The molecule has 2 aliphatic rings. The Hall–Kier alpha value is -1.46. The molecule has 2 bridgehead atoms. The zero-order valence-corrected chi connectivity index (χ0v) is 10.8. The van der Waals surface area contributed by atoms with Crippen molar-refractivity contribution in [3.8, 4) is 0 Å². The van der Waals surface area contributed by atoms with Gasteiger partial charge in [-0.1, -0.05) is 19.0 Å². The van der Waals surface area contributed by atoms with Gasteiger partial charge in [0.15, 0.2) is 0 Å². The van der Waals surface area contributed by atoms with Gasteiger partial charge in [0, 0.05) is 5.41 Å². The van der Waals surface area contributed by atoms with Gasteiger partial charge in [-0.3, -0.25) is 4.79 Å². The molecule has 6 heteroatoms. The Labute approximate surface area is 105 Å². The van der Waals surface area contributed by atoms with Crippen LogP contribution >= 0.6 is 0 Å². The molecular weight excluding hydrogens is 238 g/mol. The molecule has 2 atom stereocenters. The van der Waals surface area contributed by atoms with Crippen LogP contribution in [0.25, 0.3) is 0 Å². The van der Waals surface area contributed by atoms with Gasteiger partial charge >= 0.3 is 11.9 Å². The monoisotopic (exact) mass is 255 g/mol. The molecule has 0 amide bonds. The lowest BCUT2D eigenvalue weighted by molar-refractivity contribution is -0.182. The summed E-state index contributed by atoms with van der Waals surface area (Å²) in [4.78, 5) is 34.0. The summed E-state index contributed by atoms with van der Waals surface area (Å²) in [7, 11) is 0. The molecular formula is C12H17NO5. The van der Waals surface area contributed by atoms with Crippen LogP contribution in [-0.4, -0.2) is 30.7 Å². The summed E-state index contributed by atoms with van der Waals surface area (Å²) in [5.41, 5.74) is -2.46. The summed E-state index contributed by atoms with van der Waals surface area (Å²) in [6.07, 6.45) is 1.08. The van der Waals surface area contributed by atoms with Crippen molar-refractivity contribution in [3.05, 3.63) is 4.91 Å². The molecule has 1 saturated heterocycles. The molecule has 0 aromatic heterocycles. The fourth-order valence-corrected chi connectivity index (χ4v) is 2.99. The molecule has 100 valence electrons. The molecule has 0 N–H and O–H groups in total. The minimum Gasteiger partial charge on any atom is -0.461 e. The maximum Gasteiger partial charge on any atom is 0.351 e. The molecule has 0 aromatic rings. The van der Waals surface area contributed by atoms with Gasteiger partial charge < -0.3 is 9.47 Å². The first kappa shape index (κ1) is 13.0. The highest BCUT2D eigenvalue weighted by molar-refractivity contribution is 5.93. The van der Waals surface area contributed by atoms with Gasteiger partial charge in [0.05, 0.1) is 5.41 Å². The minimum atomic E-state index is -1.21. The van der Waals surface area contributed by atoms with Crippen LogP contribution < -0.4 is 0 Å². The Morgan fingerprint density at radius 1 is 1.39 bits per heavy atom. The van der Waals surface area contributed by atoms with E-state index in [-0.39, 0.29) is 19.1 Å². The third kappa shape index (κ3) is 1.29. The minimum absolute atomic E-state index is 0.0750. The van der Waals surface area contributed by atoms with Crippen molar-refractivity contribution < 1.29 is 19.1 Å². The fraction of sp³-hybridized carbons (Fsp3) is 0.833. The summed E-state index contributed by atoms with van der Waals surface area (Å²) in [6.45, 7) is 5.36. The summed E-state index contributed by atoms with van der Waals surface area (Å²) >= 11 is 0. The van der Waals surface area contributed by atoms with Crippen molar-refractivity contribution in [1.82, 2.24) is 0 Å². The molecule has 1 saturated carbocycles. The quantitative estimate of drug-likeness (QED) is 0.431. The molecule has 18 heavy (non-hydrogen) atoms. The van der Waals surface area contributed by atoms with E-state index in [4.69, 9.17) is 9.47 Å². The van der Waals surface area contributed by atoms with Crippen molar-refractivity contribution in [1.29, 1.82) is 0 Å². The smallest absolute Gasteiger partial charge is 0.351 e. The van der Waals surface area contributed by atoms with E-state index in [0.29, 0.717) is 12.8 Å². The van der Waals surface area contributed by atoms with E-state index >= 15 is 0 Å². The number of nitrogens with zero attached hydrogens (tertiary/aromatic N) is 1. The van der Waals surface area contributed by atoms with E-state index in [2.05, 4.69) is 5.18 Å². The first-order valence-electron chi connectivity index (χ1n) is 6.02. The van der Waals surface area contributed by atoms with Gasteiger partial charge in [-0.2, -0.15) is 4.91 Å². The Kier molecular flexibility index (Phi) is 2.72. The van der Waals surface area contributed by atoms with Crippen LogP contribution in [0.1, 0.15) is 33.6 Å². The number of fused-ring (bicyclic) bond motifs is 2. The maximum atomic E-state index is 12.2. The second kappa shape index (κ2) is 3.76. The molecule has 1 aliphatic heterocycles. The van der Waals surface area contributed by atoms with E-state index in [0.717, 1.165) is 0 Å². The highest BCUT2D eigenvalue weighted by Gasteiger charge is 2.76. The predicted molar refractivity (Wildman–Crippen MR) is 61.6 cm³/mol. The molecule has 0 spiro atoms. The Morgan fingerprint density at radius 2 is 2.06 bits per heavy atom. The summed E-state index contributed by atoms with van der Waals surface area (Å²) in [5, 5.41) is 2.62. The number of rotatable bonds is 4. The van der Waals surface area contributed by atoms with Gasteiger partial charge in [0.2, 0.25) is 5.60 Å². The zero-order chi connectivity index (χ0) is 13.6.